The first-order valence-corrected chi connectivity index (χ1v) is 4.66. The Morgan fingerprint density at radius 1 is 1.58 bits per heavy atom. The molecular weight excluding hydrogens is 152 g/mol. The maximum atomic E-state index is 9.60. The summed E-state index contributed by atoms with van der Waals surface area (Å²) in [6.45, 7) is 5.01. The van der Waals surface area contributed by atoms with Gasteiger partial charge in [-0.1, -0.05) is 18.6 Å². The van der Waals surface area contributed by atoms with Gasteiger partial charge in [0.2, 0.25) is 0 Å². The molecule has 0 bridgehead atoms. The Kier molecular flexibility index (Phi) is 1.97. The zero-order valence-corrected chi connectivity index (χ0v) is 7.66. The fraction of sp³-hybridized carbons (Fsp3) is 0.800. The molecule has 2 nitrogen and oxygen atoms in total. The minimum absolute atomic E-state index is 0.272. The van der Waals surface area contributed by atoms with Gasteiger partial charge < -0.3 is 9.84 Å². The van der Waals surface area contributed by atoms with Crippen LogP contribution in [0.4, 0.5) is 0 Å². The van der Waals surface area contributed by atoms with E-state index in [0.717, 1.165) is 6.42 Å². The van der Waals surface area contributed by atoms with Gasteiger partial charge in [0.1, 0.15) is 0 Å². The smallest absolute Gasteiger partial charge is 0.161 e. The van der Waals surface area contributed by atoms with E-state index in [0.29, 0.717) is 18.4 Å². The van der Waals surface area contributed by atoms with Crippen LogP contribution >= 0.6 is 0 Å². The van der Waals surface area contributed by atoms with Gasteiger partial charge in [-0.2, -0.15) is 0 Å². The topological polar surface area (TPSA) is 29.5 Å². The predicted molar refractivity (Wildman–Crippen MR) is 46.5 cm³/mol. The Morgan fingerprint density at radius 3 is 3.00 bits per heavy atom. The summed E-state index contributed by atoms with van der Waals surface area (Å²) in [4.78, 5) is 0. The lowest BCUT2D eigenvalue weighted by molar-refractivity contribution is -0.180. The van der Waals surface area contributed by atoms with E-state index in [4.69, 9.17) is 4.74 Å². The molecule has 2 aliphatic rings. The van der Waals surface area contributed by atoms with Crippen LogP contribution in [-0.2, 0) is 4.74 Å². The highest BCUT2D eigenvalue weighted by molar-refractivity contribution is 5.15. The van der Waals surface area contributed by atoms with E-state index >= 15 is 0 Å². The number of ether oxygens (including phenoxy) is 1. The molecule has 0 saturated carbocycles. The van der Waals surface area contributed by atoms with Crippen molar-refractivity contribution in [2.75, 3.05) is 6.61 Å². The van der Waals surface area contributed by atoms with Crippen molar-refractivity contribution in [2.45, 2.75) is 26.6 Å². The van der Waals surface area contributed by atoms with Crippen LogP contribution in [0.25, 0.3) is 0 Å². The molecule has 0 amide bonds. The maximum absolute atomic E-state index is 9.60. The van der Waals surface area contributed by atoms with E-state index in [2.05, 4.69) is 19.9 Å². The molecule has 2 heteroatoms. The van der Waals surface area contributed by atoms with Crippen LogP contribution in [0.2, 0.25) is 0 Å². The molecule has 1 saturated heterocycles. The molecule has 1 aliphatic carbocycles. The zero-order chi connectivity index (χ0) is 8.72. The van der Waals surface area contributed by atoms with E-state index in [9.17, 15) is 5.11 Å². The molecule has 4 atom stereocenters. The summed E-state index contributed by atoms with van der Waals surface area (Å²) in [6, 6.07) is 0. The van der Waals surface area contributed by atoms with Crippen LogP contribution in [0.15, 0.2) is 11.6 Å². The molecule has 68 valence electrons. The van der Waals surface area contributed by atoms with Gasteiger partial charge in [0.15, 0.2) is 6.29 Å². The minimum atomic E-state index is -0.551. The second-order valence-electron chi connectivity index (χ2n) is 4.07. The van der Waals surface area contributed by atoms with E-state index in [-0.39, 0.29) is 5.92 Å². The molecule has 1 unspecified atom stereocenters. The van der Waals surface area contributed by atoms with Crippen LogP contribution in [0.1, 0.15) is 20.3 Å². The fourth-order valence-corrected chi connectivity index (χ4v) is 2.44. The van der Waals surface area contributed by atoms with Gasteiger partial charge in [0, 0.05) is 5.92 Å². The predicted octanol–water partition coefficient (Wildman–Crippen LogP) is 1.55. The molecule has 1 aliphatic heterocycles. The van der Waals surface area contributed by atoms with E-state index in [1.807, 2.05) is 0 Å². The molecule has 12 heavy (non-hydrogen) atoms. The number of fused-ring (bicyclic) bond motifs is 1. The molecule has 0 aromatic rings. The van der Waals surface area contributed by atoms with Crippen molar-refractivity contribution in [1.82, 2.24) is 0 Å². The Morgan fingerprint density at radius 2 is 2.33 bits per heavy atom. The van der Waals surface area contributed by atoms with Crippen molar-refractivity contribution in [3.8, 4) is 0 Å². The average Bonchev–Trinajstić information content (AvgIpc) is 2.42. The maximum Gasteiger partial charge on any atom is 0.161 e. The van der Waals surface area contributed by atoms with Crippen molar-refractivity contribution in [2.24, 2.45) is 17.8 Å². The molecular formula is C10H16O2. The highest BCUT2D eigenvalue weighted by atomic mass is 16.6. The standard InChI is InChI=1S/C10H16O2/c1-6-3-4-8-7(2)5-12-10(11)9(6)8/h3,7-11H,4-5H2,1-2H3/t7?,8-,9-,10+/m0/s1. The van der Waals surface area contributed by atoms with E-state index in [1.54, 1.807) is 0 Å². The summed E-state index contributed by atoms with van der Waals surface area (Å²) in [5.74, 6) is 1.48. The molecule has 2 rings (SSSR count). The Bertz CT molecular complexity index is 210. The van der Waals surface area contributed by atoms with Crippen molar-refractivity contribution in [3.63, 3.8) is 0 Å². The van der Waals surface area contributed by atoms with Crippen LogP contribution in [0.3, 0.4) is 0 Å². The second-order valence-corrected chi connectivity index (χ2v) is 4.07. The normalized spacial score (nSPS) is 47.1. The quantitative estimate of drug-likeness (QED) is 0.556. The highest BCUT2D eigenvalue weighted by Gasteiger charge is 2.40. The molecule has 1 fully saturated rings. The summed E-state index contributed by atoms with van der Waals surface area (Å²) >= 11 is 0. The Hall–Kier alpha value is -0.340. The molecule has 0 aromatic carbocycles. The minimum Gasteiger partial charge on any atom is -0.367 e. The van der Waals surface area contributed by atoms with Crippen molar-refractivity contribution in [3.05, 3.63) is 11.6 Å². The highest BCUT2D eigenvalue weighted by Crippen LogP contribution is 2.42. The van der Waals surface area contributed by atoms with Crippen molar-refractivity contribution in [1.29, 1.82) is 0 Å². The largest absolute Gasteiger partial charge is 0.367 e. The third-order valence-electron chi connectivity index (χ3n) is 3.27. The van der Waals surface area contributed by atoms with Crippen LogP contribution in [-0.4, -0.2) is 18.0 Å². The third kappa shape index (κ3) is 1.10. The third-order valence-corrected chi connectivity index (χ3v) is 3.27. The number of allylic oxidation sites excluding steroid dienone is 1. The van der Waals surface area contributed by atoms with E-state index < -0.39 is 6.29 Å². The van der Waals surface area contributed by atoms with E-state index in [1.165, 1.54) is 5.57 Å². The molecule has 1 N–H and O–H groups in total. The fourth-order valence-electron chi connectivity index (χ4n) is 2.44. The Labute approximate surface area is 73.2 Å². The molecule has 0 aromatic heterocycles. The molecule has 1 heterocycles. The monoisotopic (exact) mass is 168 g/mol. The second kappa shape index (κ2) is 2.86. The first-order valence-electron chi connectivity index (χ1n) is 4.66. The van der Waals surface area contributed by atoms with Gasteiger partial charge in [-0.3, -0.25) is 0 Å². The first-order chi connectivity index (χ1) is 5.70. The zero-order valence-electron chi connectivity index (χ0n) is 7.66. The summed E-state index contributed by atoms with van der Waals surface area (Å²) in [5, 5.41) is 9.60. The summed E-state index contributed by atoms with van der Waals surface area (Å²) < 4.78 is 5.29. The lowest BCUT2D eigenvalue weighted by Crippen LogP contribution is -2.39. The average molecular weight is 168 g/mol. The van der Waals surface area contributed by atoms with Crippen LogP contribution in [0, 0.1) is 17.8 Å². The van der Waals surface area contributed by atoms with Crippen LogP contribution in [0.5, 0.6) is 0 Å². The molecule has 0 radical (unpaired) electrons. The van der Waals surface area contributed by atoms with Gasteiger partial charge >= 0.3 is 0 Å². The first kappa shape index (κ1) is 8.27. The number of hydrogen-bond acceptors (Lipinski definition) is 2. The Balaban J connectivity index is 2.18. The van der Waals surface area contributed by atoms with Gasteiger partial charge in [-0.05, 0) is 25.2 Å². The van der Waals surface area contributed by atoms with Gasteiger partial charge in [-0.25, -0.2) is 0 Å². The van der Waals surface area contributed by atoms with Gasteiger partial charge in [0.25, 0.3) is 0 Å². The molecule has 0 spiro atoms. The number of aliphatic hydroxyl groups is 1. The number of aliphatic hydroxyl groups excluding tert-OH is 1. The van der Waals surface area contributed by atoms with Gasteiger partial charge in [-0.15, -0.1) is 0 Å². The SMILES string of the molecule is CC1=CC[C@H]2C(C)CO[C@@H](O)[C@@H]12. The van der Waals surface area contributed by atoms with Crippen LogP contribution < -0.4 is 0 Å². The van der Waals surface area contributed by atoms with Crippen molar-refractivity contribution >= 4 is 0 Å². The summed E-state index contributed by atoms with van der Waals surface area (Å²) in [6.07, 6.45) is 2.81. The van der Waals surface area contributed by atoms with Gasteiger partial charge in [0.05, 0.1) is 6.61 Å². The lowest BCUT2D eigenvalue weighted by Gasteiger charge is -2.36. The summed E-state index contributed by atoms with van der Waals surface area (Å²) in [5.41, 5.74) is 1.30. The number of rotatable bonds is 0. The lowest BCUT2D eigenvalue weighted by atomic mass is 9.80. The number of hydrogen-bond donors (Lipinski definition) is 1. The van der Waals surface area contributed by atoms with Crippen molar-refractivity contribution < 1.29 is 9.84 Å². The summed E-state index contributed by atoms with van der Waals surface area (Å²) in [7, 11) is 0.